The monoisotopic (exact) mass is 325 g/mol. The van der Waals surface area contributed by atoms with Crippen molar-refractivity contribution in [2.45, 2.75) is 38.1 Å². The van der Waals surface area contributed by atoms with Crippen LogP contribution in [0.2, 0.25) is 5.02 Å². The Kier molecular flexibility index (Phi) is 4.48. The molecule has 5 nitrogen and oxygen atoms in total. The Bertz CT molecular complexity index is 539. The molecule has 1 amide bonds. The predicted molar refractivity (Wildman–Crippen MR) is 69.1 cm³/mol. The first-order valence-electron chi connectivity index (χ1n) is 6.44. The van der Waals surface area contributed by atoms with Crippen LogP contribution >= 0.6 is 11.6 Å². The van der Waals surface area contributed by atoms with Gasteiger partial charge in [-0.15, -0.1) is 0 Å². The second-order valence-corrected chi connectivity index (χ2v) is 5.32. The second kappa shape index (κ2) is 5.84. The van der Waals surface area contributed by atoms with Crippen LogP contribution in [-0.2, 0) is 18.0 Å². The summed E-state index contributed by atoms with van der Waals surface area (Å²) >= 11 is 5.66. The van der Waals surface area contributed by atoms with Gasteiger partial charge in [-0.05, 0) is 19.8 Å². The molecule has 1 saturated heterocycles. The lowest BCUT2D eigenvalue weighted by Gasteiger charge is -2.20. The molecule has 1 aromatic rings. The molecule has 1 aromatic heterocycles. The van der Waals surface area contributed by atoms with E-state index >= 15 is 0 Å². The summed E-state index contributed by atoms with van der Waals surface area (Å²) in [7, 11) is 1.24. The fourth-order valence-electron chi connectivity index (χ4n) is 2.29. The van der Waals surface area contributed by atoms with E-state index in [0.29, 0.717) is 6.61 Å². The van der Waals surface area contributed by atoms with Crippen molar-refractivity contribution in [2.75, 3.05) is 6.61 Å². The quantitative estimate of drug-likeness (QED) is 0.928. The number of aryl methyl sites for hydroxylation is 1. The van der Waals surface area contributed by atoms with Crippen LogP contribution in [0.5, 0.6) is 0 Å². The van der Waals surface area contributed by atoms with E-state index < -0.39 is 22.8 Å². The number of carbonyl (C=O) groups excluding carboxylic acids is 1. The zero-order valence-electron chi connectivity index (χ0n) is 11.5. The third-order valence-corrected chi connectivity index (χ3v) is 3.71. The lowest BCUT2D eigenvalue weighted by atomic mass is 10.1. The van der Waals surface area contributed by atoms with Gasteiger partial charge in [0.15, 0.2) is 5.69 Å². The number of aromatic nitrogens is 2. The van der Waals surface area contributed by atoms with Gasteiger partial charge in [0.2, 0.25) is 0 Å². The fourth-order valence-corrected chi connectivity index (χ4v) is 2.64. The number of nitrogens with zero attached hydrogens (tertiary/aromatic N) is 2. The molecular formula is C12H15ClF3N3O2. The van der Waals surface area contributed by atoms with Crippen molar-refractivity contribution in [3.05, 3.63) is 16.4 Å². The number of rotatable bonds is 3. The molecule has 0 saturated carbocycles. The molecule has 2 rings (SSSR count). The van der Waals surface area contributed by atoms with Crippen molar-refractivity contribution in [2.24, 2.45) is 7.05 Å². The molecule has 1 aliphatic rings. The first-order chi connectivity index (χ1) is 9.71. The highest BCUT2D eigenvalue weighted by atomic mass is 35.5. The standard InChI is InChI=1S/C12H15ClF3N3O2/c1-6(7-4-3-5-21-7)17-11(20)9-8(13)10(12(14,15)16)18-19(9)2/h6-7H,3-5H2,1-2H3,(H,17,20)/t6-,7+/m0/s1. The highest BCUT2D eigenvalue weighted by Gasteiger charge is 2.40. The third-order valence-electron chi connectivity index (χ3n) is 3.35. The molecule has 1 N–H and O–H groups in total. The van der Waals surface area contributed by atoms with Crippen molar-refractivity contribution < 1.29 is 22.7 Å². The van der Waals surface area contributed by atoms with E-state index in [9.17, 15) is 18.0 Å². The molecule has 1 fully saturated rings. The number of halogens is 4. The summed E-state index contributed by atoms with van der Waals surface area (Å²) in [4.78, 5) is 12.1. The van der Waals surface area contributed by atoms with Crippen LogP contribution in [0, 0.1) is 0 Å². The second-order valence-electron chi connectivity index (χ2n) is 4.95. The van der Waals surface area contributed by atoms with Gasteiger partial charge >= 0.3 is 6.18 Å². The summed E-state index contributed by atoms with van der Waals surface area (Å²) in [6, 6.07) is -0.319. The fraction of sp³-hybridized carbons (Fsp3) is 0.667. The zero-order valence-corrected chi connectivity index (χ0v) is 12.3. The Hall–Kier alpha value is -1.28. The van der Waals surface area contributed by atoms with Crippen LogP contribution in [0.4, 0.5) is 13.2 Å². The molecular weight excluding hydrogens is 311 g/mol. The van der Waals surface area contributed by atoms with Crippen molar-refractivity contribution >= 4 is 17.5 Å². The molecule has 118 valence electrons. The molecule has 0 unspecified atom stereocenters. The van der Waals surface area contributed by atoms with Gasteiger partial charge in [-0.1, -0.05) is 11.6 Å². The third kappa shape index (κ3) is 3.32. The molecule has 2 heterocycles. The average molecular weight is 326 g/mol. The normalized spacial score (nSPS) is 20.6. The zero-order chi connectivity index (χ0) is 15.8. The van der Waals surface area contributed by atoms with E-state index in [1.807, 2.05) is 0 Å². The van der Waals surface area contributed by atoms with E-state index in [4.69, 9.17) is 16.3 Å². The van der Waals surface area contributed by atoms with Crippen molar-refractivity contribution in [1.82, 2.24) is 15.1 Å². The van der Waals surface area contributed by atoms with Crippen LogP contribution in [0.25, 0.3) is 0 Å². The lowest BCUT2D eigenvalue weighted by Crippen LogP contribution is -2.41. The minimum Gasteiger partial charge on any atom is -0.376 e. The van der Waals surface area contributed by atoms with E-state index in [-0.39, 0.29) is 17.8 Å². The van der Waals surface area contributed by atoms with Gasteiger partial charge in [0, 0.05) is 13.7 Å². The number of ether oxygens (including phenoxy) is 1. The summed E-state index contributed by atoms with van der Waals surface area (Å²) in [5.41, 5.74) is -1.57. The molecule has 2 atom stereocenters. The Morgan fingerprint density at radius 2 is 2.24 bits per heavy atom. The number of carbonyl (C=O) groups is 1. The molecule has 1 aliphatic heterocycles. The Morgan fingerprint density at radius 3 is 2.71 bits per heavy atom. The number of nitrogens with one attached hydrogen (secondary N) is 1. The largest absolute Gasteiger partial charge is 0.436 e. The van der Waals surface area contributed by atoms with Crippen LogP contribution in [0.3, 0.4) is 0 Å². The number of hydrogen-bond donors (Lipinski definition) is 1. The van der Waals surface area contributed by atoms with E-state index in [1.54, 1.807) is 6.92 Å². The maximum absolute atomic E-state index is 12.7. The number of amides is 1. The average Bonchev–Trinajstić information content (AvgIpc) is 2.96. The minimum absolute atomic E-state index is 0.136. The molecule has 0 bridgehead atoms. The van der Waals surface area contributed by atoms with Gasteiger partial charge < -0.3 is 10.1 Å². The Balaban J connectivity index is 2.17. The summed E-state index contributed by atoms with van der Waals surface area (Å²) in [5, 5.41) is 5.19. The highest BCUT2D eigenvalue weighted by Crippen LogP contribution is 2.35. The first kappa shape index (κ1) is 16.1. The Morgan fingerprint density at radius 1 is 1.57 bits per heavy atom. The van der Waals surface area contributed by atoms with Gasteiger partial charge in [-0.25, -0.2) is 0 Å². The Labute approximate surface area is 124 Å². The number of hydrogen-bond acceptors (Lipinski definition) is 3. The smallest absolute Gasteiger partial charge is 0.376 e. The molecule has 0 aliphatic carbocycles. The van der Waals surface area contributed by atoms with E-state index in [0.717, 1.165) is 17.5 Å². The topological polar surface area (TPSA) is 56.2 Å². The van der Waals surface area contributed by atoms with Gasteiger partial charge in [0.25, 0.3) is 5.91 Å². The molecule has 9 heteroatoms. The van der Waals surface area contributed by atoms with Crippen LogP contribution < -0.4 is 5.32 Å². The van der Waals surface area contributed by atoms with Crippen LogP contribution in [0.15, 0.2) is 0 Å². The van der Waals surface area contributed by atoms with Crippen molar-refractivity contribution in [3.63, 3.8) is 0 Å². The minimum atomic E-state index is -4.70. The van der Waals surface area contributed by atoms with Gasteiger partial charge in [0.1, 0.15) is 10.7 Å². The summed E-state index contributed by atoms with van der Waals surface area (Å²) < 4.78 is 44.4. The summed E-state index contributed by atoms with van der Waals surface area (Å²) in [5.74, 6) is -0.700. The SMILES string of the molecule is C[C@H](NC(=O)c1c(Cl)c(C(F)(F)F)nn1C)[C@H]1CCCO1. The van der Waals surface area contributed by atoms with Crippen LogP contribution in [0.1, 0.15) is 35.9 Å². The van der Waals surface area contributed by atoms with Crippen molar-refractivity contribution in [1.29, 1.82) is 0 Å². The molecule has 21 heavy (non-hydrogen) atoms. The maximum Gasteiger partial charge on any atom is 0.436 e. The van der Waals surface area contributed by atoms with Gasteiger partial charge in [0.05, 0.1) is 12.1 Å². The molecule has 0 spiro atoms. The van der Waals surface area contributed by atoms with E-state index in [1.165, 1.54) is 7.05 Å². The predicted octanol–water partition coefficient (Wildman–Crippen LogP) is 2.39. The summed E-state index contributed by atoms with van der Waals surface area (Å²) in [6.45, 7) is 2.36. The first-order valence-corrected chi connectivity index (χ1v) is 6.81. The summed E-state index contributed by atoms with van der Waals surface area (Å²) in [6.07, 6.45) is -3.14. The molecule has 0 radical (unpaired) electrons. The maximum atomic E-state index is 12.7. The van der Waals surface area contributed by atoms with E-state index in [2.05, 4.69) is 10.4 Å². The number of alkyl halides is 3. The van der Waals surface area contributed by atoms with Gasteiger partial charge in [-0.2, -0.15) is 18.3 Å². The van der Waals surface area contributed by atoms with Crippen molar-refractivity contribution in [3.8, 4) is 0 Å². The highest BCUT2D eigenvalue weighted by molar-refractivity contribution is 6.34. The van der Waals surface area contributed by atoms with Crippen LogP contribution in [-0.4, -0.2) is 34.4 Å². The lowest BCUT2D eigenvalue weighted by molar-refractivity contribution is -0.141. The molecule has 0 aromatic carbocycles. The van der Waals surface area contributed by atoms with Gasteiger partial charge in [-0.3, -0.25) is 9.48 Å².